The van der Waals surface area contributed by atoms with Crippen molar-refractivity contribution in [3.05, 3.63) is 0 Å². The summed E-state index contributed by atoms with van der Waals surface area (Å²) >= 11 is 0. The van der Waals surface area contributed by atoms with Crippen LogP contribution in [0.4, 0.5) is 0 Å². The second-order valence-corrected chi connectivity index (χ2v) is 4.65. The number of likely N-dealkylation sites (tertiary alicyclic amines) is 1. The van der Waals surface area contributed by atoms with E-state index in [0.29, 0.717) is 0 Å². The number of hydrogen-bond acceptors (Lipinski definition) is 0. The van der Waals surface area contributed by atoms with E-state index < -0.39 is 0 Å². The third-order valence-electron chi connectivity index (χ3n) is 3.45. The topological polar surface area (TPSA) is 0 Å². The van der Waals surface area contributed by atoms with Crippen LogP contribution in [0.5, 0.6) is 0 Å². The Morgan fingerprint density at radius 2 is 1.50 bits per heavy atom. The molecule has 0 bridgehead atoms. The van der Waals surface area contributed by atoms with Crippen molar-refractivity contribution >= 4 is 0 Å². The first kappa shape index (κ1) is 13.9. The van der Waals surface area contributed by atoms with Crippen molar-refractivity contribution in [2.45, 2.75) is 52.4 Å². The van der Waals surface area contributed by atoms with E-state index in [4.69, 9.17) is 0 Å². The minimum Gasteiger partial charge on any atom is -1.00 e. The van der Waals surface area contributed by atoms with E-state index in [1.54, 1.807) is 0 Å². The lowest BCUT2D eigenvalue weighted by Crippen LogP contribution is -3.00. The Kier molecular flexibility index (Phi) is 7.16. The summed E-state index contributed by atoms with van der Waals surface area (Å²) in [6.45, 7) is 10.5. The third-order valence-corrected chi connectivity index (χ3v) is 3.45. The number of nitrogens with zero attached hydrogens (tertiary/aromatic N) is 1. The molecule has 1 aliphatic heterocycles. The molecule has 0 N–H and O–H groups in total. The predicted octanol–water partition coefficient (Wildman–Crippen LogP) is 0.201. The first-order chi connectivity index (χ1) is 6.33. The Balaban J connectivity index is 0.00000169. The molecule has 0 aromatic rings. The quantitative estimate of drug-likeness (QED) is 0.427. The lowest BCUT2D eigenvalue weighted by atomic mass is 10.2. The Hall–Kier alpha value is -0.110. The average Bonchev–Trinajstić information content (AvgIpc) is 2.55. The van der Waals surface area contributed by atoms with Gasteiger partial charge in [-0.3, -0.25) is 0 Å². The average molecular weight is 203 g/mol. The fourth-order valence-electron chi connectivity index (χ4n) is 2.74. The van der Waals surface area contributed by atoms with Gasteiger partial charge >= 0.3 is 0 Å². The van der Waals surface area contributed by atoms with Crippen molar-refractivity contribution in [1.82, 2.24) is 0 Å². The molecule has 1 fully saturated rings. The predicted molar refractivity (Wildman–Crippen MR) is 58.8 cm³/mol. The summed E-state index contributed by atoms with van der Waals surface area (Å²) < 4.78 is 1.45. The van der Waals surface area contributed by atoms with Crippen molar-refractivity contribution in [3.63, 3.8) is 0 Å². The molecule has 0 spiro atoms. The van der Waals surface area contributed by atoms with Gasteiger partial charge in [-0.25, -0.2) is 0 Å². The molecule has 2 heteroatoms. The molecule has 1 heterocycles. The van der Waals surface area contributed by atoms with Crippen molar-refractivity contribution in [3.8, 4) is 0 Å². The second kappa shape index (κ2) is 7.22. The van der Waals surface area contributed by atoms with Gasteiger partial charge in [-0.15, -0.1) is 0 Å². The maximum Gasteiger partial charge on any atom is 0.0788 e. The largest absolute Gasteiger partial charge is 1.00 e. The Morgan fingerprint density at radius 3 is 2.00 bits per heavy atom. The van der Waals surface area contributed by atoms with E-state index in [1.807, 2.05) is 0 Å². The molecule has 1 saturated heterocycles. The molecule has 0 unspecified atom stereocenters. The maximum atomic E-state index is 2.33. The van der Waals surface area contributed by atoms with E-state index in [0.717, 1.165) is 0 Å². The molecule has 0 aliphatic carbocycles. The standard InChI is InChI=1S/C12H26N.FH/c1-3-5-6-10-13(9-4-2)11-7-8-12-13;/h3-12H2,1-2H3;1H/q+1;/p-1. The fourth-order valence-corrected chi connectivity index (χ4v) is 2.74. The van der Waals surface area contributed by atoms with Crippen LogP contribution >= 0.6 is 0 Å². The zero-order valence-corrected chi connectivity index (χ0v) is 9.90. The van der Waals surface area contributed by atoms with E-state index in [2.05, 4.69) is 13.8 Å². The van der Waals surface area contributed by atoms with Crippen LogP contribution < -0.4 is 4.70 Å². The molecule has 1 aliphatic rings. The molecule has 0 amide bonds. The highest BCUT2D eigenvalue weighted by atomic mass is 19.0. The molecule has 0 aromatic heterocycles. The van der Waals surface area contributed by atoms with Gasteiger partial charge in [-0.2, -0.15) is 0 Å². The zero-order valence-electron chi connectivity index (χ0n) is 9.90. The highest BCUT2D eigenvalue weighted by molar-refractivity contribution is 4.55. The van der Waals surface area contributed by atoms with Crippen molar-refractivity contribution in [1.29, 1.82) is 0 Å². The maximum absolute atomic E-state index is 2.33. The Labute approximate surface area is 88.4 Å². The molecule has 1 nitrogen and oxygen atoms in total. The van der Waals surface area contributed by atoms with Gasteiger partial charge < -0.3 is 9.19 Å². The second-order valence-electron chi connectivity index (χ2n) is 4.65. The van der Waals surface area contributed by atoms with E-state index in [1.165, 1.54) is 69.2 Å². The van der Waals surface area contributed by atoms with Gasteiger partial charge in [0.1, 0.15) is 0 Å². The summed E-state index contributed by atoms with van der Waals surface area (Å²) in [5, 5.41) is 0. The Bertz CT molecular complexity index is 130. The highest BCUT2D eigenvalue weighted by Gasteiger charge is 2.29. The van der Waals surface area contributed by atoms with Crippen molar-refractivity contribution < 1.29 is 9.19 Å². The summed E-state index contributed by atoms with van der Waals surface area (Å²) in [6.07, 6.45) is 8.58. The van der Waals surface area contributed by atoms with E-state index in [9.17, 15) is 0 Å². The number of rotatable bonds is 6. The molecule has 86 valence electrons. The minimum atomic E-state index is 0. The molecular formula is C12H26FN. The van der Waals surface area contributed by atoms with Crippen molar-refractivity contribution in [2.24, 2.45) is 0 Å². The van der Waals surface area contributed by atoms with Crippen LogP contribution in [-0.4, -0.2) is 30.7 Å². The minimum absolute atomic E-state index is 0. The molecule has 0 atom stereocenters. The monoisotopic (exact) mass is 203 g/mol. The zero-order chi connectivity index (χ0) is 9.57. The SMILES string of the molecule is CCCCC[N+]1(CCC)CCCC1.[F-]. The molecule has 1 rings (SSSR count). The van der Waals surface area contributed by atoms with Crippen LogP contribution in [0.2, 0.25) is 0 Å². The number of hydrogen-bond donors (Lipinski definition) is 0. The third kappa shape index (κ3) is 3.95. The lowest BCUT2D eigenvalue weighted by molar-refractivity contribution is -0.917. The summed E-state index contributed by atoms with van der Waals surface area (Å²) in [5.41, 5.74) is 0. The van der Waals surface area contributed by atoms with Crippen LogP contribution in [-0.2, 0) is 0 Å². The van der Waals surface area contributed by atoms with Crippen LogP contribution in [0, 0.1) is 0 Å². The van der Waals surface area contributed by atoms with Gasteiger partial charge in [-0.05, 0) is 19.3 Å². The molecule has 0 aromatic carbocycles. The van der Waals surface area contributed by atoms with Crippen LogP contribution in [0.3, 0.4) is 0 Å². The summed E-state index contributed by atoms with van der Waals surface area (Å²) in [5.74, 6) is 0. The molecule has 0 saturated carbocycles. The van der Waals surface area contributed by atoms with Gasteiger partial charge in [0, 0.05) is 12.8 Å². The van der Waals surface area contributed by atoms with Gasteiger partial charge in [0.15, 0.2) is 0 Å². The van der Waals surface area contributed by atoms with Gasteiger partial charge in [0.25, 0.3) is 0 Å². The van der Waals surface area contributed by atoms with Crippen LogP contribution in [0.15, 0.2) is 0 Å². The molecule has 0 radical (unpaired) electrons. The normalized spacial score (nSPS) is 19.3. The van der Waals surface area contributed by atoms with Crippen molar-refractivity contribution in [2.75, 3.05) is 26.2 Å². The lowest BCUT2D eigenvalue weighted by Gasteiger charge is -2.34. The fraction of sp³-hybridized carbons (Fsp3) is 1.00. The number of halogens is 1. The van der Waals surface area contributed by atoms with Gasteiger partial charge in [-0.1, -0.05) is 20.3 Å². The van der Waals surface area contributed by atoms with Crippen LogP contribution in [0.25, 0.3) is 0 Å². The first-order valence-electron chi connectivity index (χ1n) is 6.18. The molecular weight excluding hydrogens is 177 g/mol. The number of unbranched alkanes of at least 4 members (excludes halogenated alkanes) is 2. The summed E-state index contributed by atoms with van der Waals surface area (Å²) in [6, 6.07) is 0. The van der Waals surface area contributed by atoms with E-state index >= 15 is 0 Å². The van der Waals surface area contributed by atoms with Crippen LogP contribution in [0.1, 0.15) is 52.4 Å². The highest BCUT2D eigenvalue weighted by Crippen LogP contribution is 2.21. The van der Waals surface area contributed by atoms with E-state index in [-0.39, 0.29) is 4.70 Å². The number of quaternary nitrogens is 1. The van der Waals surface area contributed by atoms with Gasteiger partial charge in [0.05, 0.1) is 26.2 Å². The first-order valence-corrected chi connectivity index (χ1v) is 6.18. The summed E-state index contributed by atoms with van der Waals surface area (Å²) in [7, 11) is 0. The molecule has 14 heavy (non-hydrogen) atoms. The summed E-state index contributed by atoms with van der Waals surface area (Å²) in [4.78, 5) is 0. The van der Waals surface area contributed by atoms with Gasteiger partial charge in [0.2, 0.25) is 0 Å². The Morgan fingerprint density at radius 1 is 0.857 bits per heavy atom. The smallest absolute Gasteiger partial charge is 0.0788 e.